The van der Waals surface area contributed by atoms with Gasteiger partial charge in [0.05, 0.1) is 19.3 Å². The van der Waals surface area contributed by atoms with Gasteiger partial charge in [0.15, 0.2) is 6.04 Å². The van der Waals surface area contributed by atoms with Gasteiger partial charge in [0.25, 0.3) is 0 Å². The number of hydrogen-bond donors (Lipinski definition) is 4. The van der Waals surface area contributed by atoms with Gasteiger partial charge in [0.1, 0.15) is 0 Å². The number of carbonyl (C=O) groups is 2. The van der Waals surface area contributed by atoms with Crippen LogP contribution in [0.2, 0.25) is 0 Å². The van der Waals surface area contributed by atoms with Crippen molar-refractivity contribution < 1.29 is 24.5 Å². The van der Waals surface area contributed by atoms with E-state index in [1.54, 1.807) is 0 Å². The summed E-state index contributed by atoms with van der Waals surface area (Å²) in [5.74, 6) is -1.28. The molecule has 0 aromatic carbocycles. The van der Waals surface area contributed by atoms with Crippen molar-refractivity contribution in [3.8, 4) is 0 Å². The summed E-state index contributed by atoms with van der Waals surface area (Å²) in [4.78, 5) is 24.0. The van der Waals surface area contributed by atoms with E-state index >= 15 is 0 Å². The summed E-state index contributed by atoms with van der Waals surface area (Å²) >= 11 is 0. The third-order valence-corrected chi connectivity index (χ3v) is 2.62. The first-order chi connectivity index (χ1) is 8.52. The molecular formula is C10H19N3O5. The summed E-state index contributed by atoms with van der Waals surface area (Å²) in [6.45, 7) is 1.83. The number of amides is 2. The van der Waals surface area contributed by atoms with Gasteiger partial charge in [-0.1, -0.05) is 0 Å². The van der Waals surface area contributed by atoms with Crippen molar-refractivity contribution in [1.29, 1.82) is 0 Å². The van der Waals surface area contributed by atoms with E-state index in [0.717, 1.165) is 6.54 Å². The lowest BCUT2D eigenvalue weighted by Gasteiger charge is -2.30. The molecule has 1 aliphatic rings. The fourth-order valence-electron chi connectivity index (χ4n) is 1.59. The largest absolute Gasteiger partial charge is 0.480 e. The second-order valence-corrected chi connectivity index (χ2v) is 4.18. The zero-order chi connectivity index (χ0) is 13.5. The average Bonchev–Trinajstić information content (AvgIpc) is 2.33. The number of ether oxygens (including phenoxy) is 1. The molecule has 0 spiro atoms. The highest BCUT2D eigenvalue weighted by Gasteiger charge is 2.21. The summed E-state index contributed by atoms with van der Waals surface area (Å²) in [6, 6.07) is -1.92. The smallest absolute Gasteiger partial charge is 0.328 e. The number of rotatable bonds is 5. The van der Waals surface area contributed by atoms with Gasteiger partial charge < -0.3 is 30.5 Å². The molecule has 8 heteroatoms. The van der Waals surface area contributed by atoms with Crippen LogP contribution in [-0.4, -0.2) is 79.2 Å². The molecule has 1 rings (SSSR count). The van der Waals surface area contributed by atoms with E-state index in [9.17, 15) is 9.59 Å². The minimum atomic E-state index is -1.29. The number of carboxylic acids is 1. The van der Waals surface area contributed by atoms with Crippen LogP contribution in [0, 0.1) is 0 Å². The number of hydrogen-bond acceptors (Lipinski definition) is 5. The molecule has 1 aliphatic heterocycles. The molecule has 18 heavy (non-hydrogen) atoms. The first-order valence-electron chi connectivity index (χ1n) is 5.71. The number of morpholine rings is 1. The van der Waals surface area contributed by atoms with Gasteiger partial charge in [-0.3, -0.25) is 0 Å². The topological polar surface area (TPSA) is 111 Å². The summed E-state index contributed by atoms with van der Waals surface area (Å²) in [6.07, 6.45) is -0.105. The van der Waals surface area contributed by atoms with Gasteiger partial charge in [0.2, 0.25) is 0 Å². The van der Waals surface area contributed by atoms with Crippen LogP contribution in [0.4, 0.5) is 4.79 Å². The molecule has 0 saturated carbocycles. The fourth-order valence-corrected chi connectivity index (χ4v) is 1.59. The van der Waals surface area contributed by atoms with Gasteiger partial charge in [-0.05, 0) is 7.05 Å². The highest BCUT2D eigenvalue weighted by Crippen LogP contribution is 2.01. The number of likely N-dealkylation sites (N-methyl/N-ethyl adjacent to an activating group) is 1. The second-order valence-electron chi connectivity index (χ2n) is 4.18. The number of nitrogens with zero attached hydrogens (tertiary/aromatic N) is 1. The van der Waals surface area contributed by atoms with Crippen molar-refractivity contribution in [2.24, 2.45) is 0 Å². The maximum absolute atomic E-state index is 11.4. The standard InChI is InChI=1S/C10H19N3O5/c1-13-2-3-18-7(5-13)4-11-10(17)12-8(6-14)9(15)16/h7-8,14H,2-6H2,1H3,(H,15,16)(H2,11,12,17). The van der Waals surface area contributed by atoms with E-state index in [4.69, 9.17) is 14.9 Å². The Morgan fingerprint density at radius 3 is 2.83 bits per heavy atom. The van der Waals surface area contributed by atoms with Crippen LogP contribution in [0.1, 0.15) is 0 Å². The Hall–Kier alpha value is -1.38. The molecule has 1 fully saturated rings. The third kappa shape index (κ3) is 4.86. The lowest BCUT2D eigenvalue weighted by atomic mass is 10.3. The van der Waals surface area contributed by atoms with Crippen molar-refractivity contribution in [1.82, 2.24) is 15.5 Å². The summed E-state index contributed by atoms with van der Waals surface area (Å²) in [5.41, 5.74) is 0. The van der Waals surface area contributed by atoms with Crippen LogP contribution in [0.3, 0.4) is 0 Å². The van der Waals surface area contributed by atoms with E-state index in [-0.39, 0.29) is 6.10 Å². The third-order valence-electron chi connectivity index (χ3n) is 2.62. The molecule has 2 amide bonds. The first-order valence-corrected chi connectivity index (χ1v) is 5.71. The van der Waals surface area contributed by atoms with Crippen molar-refractivity contribution in [2.45, 2.75) is 12.1 Å². The predicted molar refractivity (Wildman–Crippen MR) is 62.3 cm³/mol. The second kappa shape index (κ2) is 7.14. The Kier molecular flexibility index (Phi) is 5.83. The maximum Gasteiger partial charge on any atom is 0.328 e. The summed E-state index contributed by atoms with van der Waals surface area (Å²) in [5, 5.41) is 22.0. The first kappa shape index (κ1) is 14.7. The van der Waals surface area contributed by atoms with E-state index in [0.29, 0.717) is 19.7 Å². The molecule has 104 valence electrons. The quantitative estimate of drug-likeness (QED) is 0.458. The molecule has 8 nitrogen and oxygen atoms in total. The summed E-state index contributed by atoms with van der Waals surface area (Å²) < 4.78 is 5.43. The highest BCUT2D eigenvalue weighted by molar-refractivity contribution is 5.82. The number of nitrogens with one attached hydrogen (secondary N) is 2. The number of aliphatic hydroxyl groups excluding tert-OH is 1. The zero-order valence-corrected chi connectivity index (χ0v) is 10.3. The fraction of sp³-hybridized carbons (Fsp3) is 0.800. The molecule has 0 bridgehead atoms. The Morgan fingerprint density at radius 1 is 1.56 bits per heavy atom. The normalized spacial score (nSPS) is 22.2. The Balaban J connectivity index is 2.25. The number of aliphatic carboxylic acids is 1. The number of carboxylic acid groups (broad SMARTS) is 1. The summed E-state index contributed by atoms with van der Waals surface area (Å²) in [7, 11) is 1.96. The monoisotopic (exact) mass is 261 g/mol. The molecule has 0 radical (unpaired) electrons. The average molecular weight is 261 g/mol. The van der Waals surface area contributed by atoms with Gasteiger partial charge in [-0.25, -0.2) is 9.59 Å². The lowest BCUT2D eigenvalue weighted by molar-refractivity contribution is -0.140. The molecule has 0 aromatic heterocycles. The predicted octanol–water partition coefficient (Wildman–Crippen LogP) is -1.94. The molecule has 1 heterocycles. The molecular weight excluding hydrogens is 242 g/mol. The zero-order valence-electron chi connectivity index (χ0n) is 10.3. The molecule has 1 saturated heterocycles. The van der Waals surface area contributed by atoms with E-state index in [2.05, 4.69) is 15.5 Å². The van der Waals surface area contributed by atoms with E-state index in [1.165, 1.54) is 0 Å². The Labute approximate surface area is 105 Å². The van der Waals surface area contributed by atoms with Crippen molar-refractivity contribution >= 4 is 12.0 Å². The number of urea groups is 1. The van der Waals surface area contributed by atoms with Crippen molar-refractivity contribution in [2.75, 3.05) is 39.9 Å². The maximum atomic E-state index is 11.4. The van der Waals surface area contributed by atoms with Crippen molar-refractivity contribution in [3.63, 3.8) is 0 Å². The van der Waals surface area contributed by atoms with Crippen LogP contribution < -0.4 is 10.6 Å². The van der Waals surface area contributed by atoms with Gasteiger partial charge in [0, 0.05) is 19.6 Å². The Morgan fingerprint density at radius 2 is 2.28 bits per heavy atom. The molecule has 2 unspecified atom stereocenters. The van der Waals surface area contributed by atoms with Crippen molar-refractivity contribution in [3.05, 3.63) is 0 Å². The van der Waals surface area contributed by atoms with Crippen LogP contribution in [0.15, 0.2) is 0 Å². The molecule has 0 aliphatic carbocycles. The highest BCUT2D eigenvalue weighted by atomic mass is 16.5. The van der Waals surface area contributed by atoms with Crippen LogP contribution >= 0.6 is 0 Å². The van der Waals surface area contributed by atoms with Gasteiger partial charge >= 0.3 is 12.0 Å². The Bertz CT molecular complexity index is 299. The number of aliphatic hydroxyl groups is 1. The SMILES string of the molecule is CN1CCOC(CNC(=O)NC(CO)C(=O)O)C1. The molecule has 2 atom stereocenters. The van der Waals surface area contributed by atoms with Gasteiger partial charge in [-0.15, -0.1) is 0 Å². The van der Waals surface area contributed by atoms with Crippen LogP contribution in [0.5, 0.6) is 0 Å². The number of carbonyl (C=O) groups excluding carboxylic acids is 1. The lowest BCUT2D eigenvalue weighted by Crippen LogP contribution is -2.51. The van der Waals surface area contributed by atoms with Crippen LogP contribution in [-0.2, 0) is 9.53 Å². The van der Waals surface area contributed by atoms with E-state index < -0.39 is 24.6 Å². The minimum Gasteiger partial charge on any atom is -0.480 e. The molecule has 4 N–H and O–H groups in total. The van der Waals surface area contributed by atoms with E-state index in [1.807, 2.05) is 7.05 Å². The minimum absolute atomic E-state index is 0.105. The molecule has 0 aromatic rings. The van der Waals surface area contributed by atoms with Gasteiger partial charge in [-0.2, -0.15) is 0 Å². The van der Waals surface area contributed by atoms with Crippen LogP contribution in [0.25, 0.3) is 0 Å².